The van der Waals surface area contributed by atoms with E-state index in [4.69, 9.17) is 5.26 Å². The molecule has 2 heterocycles. The minimum absolute atomic E-state index is 0.0466. The number of nitrogens with zero attached hydrogens (tertiary/aromatic N) is 3. The molecular weight excluding hydrogens is 344 g/mol. The number of hydrogen-bond acceptors (Lipinski definition) is 5. The number of nitrogens with one attached hydrogen (secondary N) is 3. The SMILES string of the molecule is CCCC1CC(=O)NC(n2nc(C)cc2NC(=O)c2ccc(C#N)cc2)N1. The molecule has 140 valence electrons. The highest BCUT2D eigenvalue weighted by atomic mass is 16.2. The van der Waals surface area contributed by atoms with E-state index in [1.807, 2.05) is 13.0 Å². The van der Waals surface area contributed by atoms with Gasteiger partial charge >= 0.3 is 0 Å². The molecule has 0 saturated carbocycles. The molecule has 0 radical (unpaired) electrons. The van der Waals surface area contributed by atoms with Crippen molar-refractivity contribution in [3.63, 3.8) is 0 Å². The second kappa shape index (κ2) is 8.01. The summed E-state index contributed by atoms with van der Waals surface area (Å²) in [7, 11) is 0. The molecule has 1 aromatic carbocycles. The summed E-state index contributed by atoms with van der Waals surface area (Å²) in [6.07, 6.45) is 1.76. The number of aromatic nitrogens is 2. The average molecular weight is 366 g/mol. The van der Waals surface area contributed by atoms with Crippen LogP contribution < -0.4 is 16.0 Å². The van der Waals surface area contributed by atoms with Crippen molar-refractivity contribution in [3.05, 3.63) is 47.2 Å². The first kappa shape index (κ1) is 18.6. The van der Waals surface area contributed by atoms with Gasteiger partial charge in [-0.25, -0.2) is 4.68 Å². The van der Waals surface area contributed by atoms with Crippen molar-refractivity contribution in [1.29, 1.82) is 5.26 Å². The van der Waals surface area contributed by atoms with Gasteiger partial charge in [-0.2, -0.15) is 10.4 Å². The topological polar surface area (TPSA) is 112 Å². The van der Waals surface area contributed by atoms with E-state index in [9.17, 15) is 9.59 Å². The quantitative estimate of drug-likeness (QED) is 0.750. The van der Waals surface area contributed by atoms with Gasteiger partial charge in [0.15, 0.2) is 6.29 Å². The Morgan fingerprint density at radius 2 is 2.15 bits per heavy atom. The highest BCUT2D eigenvalue weighted by Crippen LogP contribution is 2.19. The van der Waals surface area contributed by atoms with Crippen LogP contribution in [0.5, 0.6) is 0 Å². The van der Waals surface area contributed by atoms with E-state index < -0.39 is 6.29 Å². The molecule has 1 aliphatic heterocycles. The molecule has 8 heteroatoms. The number of carbonyl (C=O) groups is 2. The standard InChI is InChI=1S/C19H22N6O2/c1-3-4-15-10-17(26)23-19(21-15)25-16(9-12(2)24-25)22-18(27)14-7-5-13(11-20)6-8-14/h5-9,15,19,21H,3-4,10H2,1-2H3,(H,22,27)(H,23,26). The predicted octanol–water partition coefficient (Wildman–Crippen LogP) is 2.05. The van der Waals surface area contributed by atoms with Crippen molar-refractivity contribution in [1.82, 2.24) is 20.4 Å². The fourth-order valence-corrected chi connectivity index (χ4v) is 3.12. The second-order valence-electron chi connectivity index (χ2n) is 6.59. The Labute approximate surface area is 157 Å². The van der Waals surface area contributed by atoms with E-state index >= 15 is 0 Å². The second-order valence-corrected chi connectivity index (χ2v) is 6.59. The Hall–Kier alpha value is -3.18. The molecule has 2 unspecified atom stereocenters. The van der Waals surface area contributed by atoms with Gasteiger partial charge in [-0.1, -0.05) is 13.3 Å². The number of nitriles is 1. The maximum Gasteiger partial charge on any atom is 0.256 e. The summed E-state index contributed by atoms with van der Waals surface area (Å²) in [5.74, 6) is 0.124. The summed E-state index contributed by atoms with van der Waals surface area (Å²) in [5.41, 5.74) is 1.64. The van der Waals surface area contributed by atoms with Crippen LogP contribution in [0.1, 0.15) is 54.1 Å². The van der Waals surface area contributed by atoms with Crippen molar-refractivity contribution >= 4 is 17.6 Å². The lowest BCUT2D eigenvalue weighted by molar-refractivity contribution is -0.125. The number of hydrogen-bond donors (Lipinski definition) is 3. The van der Waals surface area contributed by atoms with Crippen LogP contribution >= 0.6 is 0 Å². The van der Waals surface area contributed by atoms with E-state index in [-0.39, 0.29) is 17.9 Å². The maximum absolute atomic E-state index is 12.5. The minimum atomic E-state index is -0.521. The summed E-state index contributed by atoms with van der Waals surface area (Å²) in [6, 6.07) is 10.2. The molecule has 3 N–H and O–H groups in total. The third kappa shape index (κ3) is 4.33. The Morgan fingerprint density at radius 3 is 2.81 bits per heavy atom. The van der Waals surface area contributed by atoms with Crippen molar-refractivity contribution in [2.45, 2.75) is 45.4 Å². The van der Waals surface area contributed by atoms with Crippen molar-refractivity contribution in [2.24, 2.45) is 0 Å². The largest absolute Gasteiger partial charge is 0.322 e. The molecular formula is C19H22N6O2. The zero-order valence-electron chi connectivity index (χ0n) is 15.3. The molecule has 2 aromatic rings. The molecule has 1 aromatic heterocycles. The molecule has 2 atom stereocenters. The van der Waals surface area contributed by atoms with Gasteiger partial charge in [0.1, 0.15) is 5.82 Å². The molecule has 3 rings (SSSR count). The van der Waals surface area contributed by atoms with Crippen molar-refractivity contribution in [2.75, 3.05) is 5.32 Å². The molecule has 1 saturated heterocycles. The molecule has 1 aliphatic rings. The van der Waals surface area contributed by atoms with E-state index in [0.717, 1.165) is 18.5 Å². The smallest absolute Gasteiger partial charge is 0.256 e. The summed E-state index contributed by atoms with van der Waals surface area (Å²) < 4.78 is 1.58. The van der Waals surface area contributed by atoms with E-state index in [0.29, 0.717) is 23.4 Å². The number of carbonyl (C=O) groups excluding carboxylic acids is 2. The first-order valence-electron chi connectivity index (χ1n) is 8.93. The van der Waals surface area contributed by atoms with Gasteiger partial charge in [-0.3, -0.25) is 14.9 Å². The van der Waals surface area contributed by atoms with Gasteiger partial charge < -0.3 is 10.6 Å². The van der Waals surface area contributed by atoms with Crippen LogP contribution in [0.15, 0.2) is 30.3 Å². The fraction of sp³-hybridized carbons (Fsp3) is 0.368. The first-order chi connectivity index (χ1) is 13.0. The van der Waals surface area contributed by atoms with Crippen LogP contribution in [-0.4, -0.2) is 27.6 Å². The lowest BCUT2D eigenvalue weighted by Crippen LogP contribution is -2.53. The zero-order valence-corrected chi connectivity index (χ0v) is 15.3. The molecule has 2 amide bonds. The van der Waals surface area contributed by atoms with Gasteiger partial charge in [0, 0.05) is 24.1 Å². The van der Waals surface area contributed by atoms with Crippen LogP contribution in [0.2, 0.25) is 0 Å². The number of rotatable bonds is 5. The Bertz CT molecular complexity index is 881. The van der Waals surface area contributed by atoms with Gasteiger partial charge in [-0.05, 0) is 37.6 Å². The Balaban J connectivity index is 1.80. The monoisotopic (exact) mass is 366 g/mol. The van der Waals surface area contributed by atoms with Crippen LogP contribution in [0.25, 0.3) is 0 Å². The number of aryl methyl sites for hydroxylation is 1. The lowest BCUT2D eigenvalue weighted by atomic mass is 10.1. The molecule has 0 spiro atoms. The maximum atomic E-state index is 12.5. The first-order valence-corrected chi connectivity index (χ1v) is 8.93. The van der Waals surface area contributed by atoms with Crippen LogP contribution in [-0.2, 0) is 4.79 Å². The number of anilines is 1. The van der Waals surface area contributed by atoms with Gasteiger partial charge in [0.05, 0.1) is 17.3 Å². The predicted molar refractivity (Wildman–Crippen MR) is 99.7 cm³/mol. The molecule has 1 fully saturated rings. The van der Waals surface area contributed by atoms with Crippen LogP contribution in [0, 0.1) is 18.3 Å². The van der Waals surface area contributed by atoms with E-state index in [2.05, 4.69) is 28.0 Å². The highest BCUT2D eigenvalue weighted by molar-refractivity contribution is 6.03. The minimum Gasteiger partial charge on any atom is -0.322 e. The summed E-state index contributed by atoms with van der Waals surface area (Å²) in [6.45, 7) is 3.90. The normalized spacial score (nSPS) is 19.2. The van der Waals surface area contributed by atoms with Gasteiger partial charge in [-0.15, -0.1) is 0 Å². The summed E-state index contributed by atoms with van der Waals surface area (Å²) >= 11 is 0. The lowest BCUT2D eigenvalue weighted by Gasteiger charge is -2.32. The van der Waals surface area contributed by atoms with Crippen LogP contribution in [0.3, 0.4) is 0 Å². The van der Waals surface area contributed by atoms with E-state index in [1.165, 1.54) is 0 Å². The fourth-order valence-electron chi connectivity index (χ4n) is 3.12. The summed E-state index contributed by atoms with van der Waals surface area (Å²) in [5, 5.41) is 22.3. The van der Waals surface area contributed by atoms with Gasteiger partial charge in [0.2, 0.25) is 5.91 Å². The van der Waals surface area contributed by atoms with Crippen molar-refractivity contribution in [3.8, 4) is 6.07 Å². The molecule has 27 heavy (non-hydrogen) atoms. The Kier molecular flexibility index (Phi) is 5.52. The van der Waals surface area contributed by atoms with E-state index in [1.54, 1.807) is 35.0 Å². The third-order valence-electron chi connectivity index (χ3n) is 4.38. The van der Waals surface area contributed by atoms with Crippen molar-refractivity contribution < 1.29 is 9.59 Å². The molecule has 8 nitrogen and oxygen atoms in total. The number of amides is 2. The molecule has 0 bridgehead atoms. The zero-order chi connectivity index (χ0) is 19.4. The van der Waals surface area contributed by atoms with Crippen LogP contribution in [0.4, 0.5) is 5.82 Å². The Morgan fingerprint density at radius 1 is 1.41 bits per heavy atom. The summed E-state index contributed by atoms with van der Waals surface area (Å²) in [4.78, 5) is 24.6. The highest BCUT2D eigenvalue weighted by Gasteiger charge is 2.28. The van der Waals surface area contributed by atoms with Gasteiger partial charge in [0.25, 0.3) is 5.91 Å². The third-order valence-corrected chi connectivity index (χ3v) is 4.38. The number of benzene rings is 1. The average Bonchev–Trinajstić information content (AvgIpc) is 3.02. The molecule has 0 aliphatic carbocycles.